The number of rotatable bonds is 4. The molecule has 0 heterocycles. The fourth-order valence-corrected chi connectivity index (χ4v) is 4.25. The Balaban J connectivity index is 2.51. The summed E-state index contributed by atoms with van der Waals surface area (Å²) >= 11 is 9.54. The van der Waals surface area contributed by atoms with Gasteiger partial charge in [0.1, 0.15) is 0 Å². The zero-order valence-electron chi connectivity index (χ0n) is 13.4. The molecule has 2 rings (SSSR count). The van der Waals surface area contributed by atoms with Gasteiger partial charge in [-0.15, -0.1) is 0 Å². The molecule has 0 saturated carbocycles. The molecule has 0 aromatic heterocycles. The third-order valence-corrected chi connectivity index (χ3v) is 6.33. The fraction of sp³-hybridized carbons (Fsp3) is 0.294. The first-order chi connectivity index (χ1) is 10.6. The summed E-state index contributed by atoms with van der Waals surface area (Å²) in [5.41, 5.74) is 3.00. The Morgan fingerprint density at radius 1 is 1.09 bits per heavy atom. The van der Waals surface area contributed by atoms with Crippen molar-refractivity contribution in [1.29, 1.82) is 0 Å². The van der Waals surface area contributed by atoms with Crippen LogP contribution in [0.1, 0.15) is 36.5 Å². The first kappa shape index (κ1) is 18.3. The lowest BCUT2D eigenvalue weighted by Gasteiger charge is -2.17. The number of halogens is 2. The summed E-state index contributed by atoms with van der Waals surface area (Å²) in [6, 6.07) is 8.68. The molecule has 0 aliphatic carbocycles. The highest BCUT2D eigenvalue weighted by molar-refractivity contribution is 9.10. The lowest BCUT2D eigenvalue weighted by Crippen LogP contribution is -2.16. The van der Waals surface area contributed by atoms with Crippen molar-refractivity contribution in [3.8, 4) is 0 Å². The molecule has 1 N–H and O–H groups in total. The summed E-state index contributed by atoms with van der Waals surface area (Å²) < 4.78 is 29.2. The summed E-state index contributed by atoms with van der Waals surface area (Å²) in [6.07, 6.45) is 0. The summed E-state index contributed by atoms with van der Waals surface area (Å²) in [7, 11) is -3.69. The van der Waals surface area contributed by atoms with Crippen molar-refractivity contribution in [3.05, 3.63) is 56.5 Å². The van der Waals surface area contributed by atoms with E-state index >= 15 is 0 Å². The molecule has 124 valence electrons. The number of nitrogens with one attached hydrogen (secondary N) is 1. The Hall–Kier alpha value is -1.04. The largest absolute Gasteiger partial charge is 0.280 e. The van der Waals surface area contributed by atoms with Crippen molar-refractivity contribution in [2.24, 2.45) is 0 Å². The van der Waals surface area contributed by atoms with Crippen LogP contribution in [0.3, 0.4) is 0 Å². The van der Waals surface area contributed by atoms with Crippen LogP contribution in [0.5, 0.6) is 0 Å². The van der Waals surface area contributed by atoms with E-state index in [1.165, 1.54) is 0 Å². The van der Waals surface area contributed by atoms with Crippen LogP contribution in [-0.4, -0.2) is 8.42 Å². The van der Waals surface area contributed by atoms with E-state index < -0.39 is 10.0 Å². The topological polar surface area (TPSA) is 46.2 Å². The third kappa shape index (κ3) is 4.08. The van der Waals surface area contributed by atoms with Crippen molar-refractivity contribution in [3.63, 3.8) is 0 Å². The lowest BCUT2D eigenvalue weighted by molar-refractivity contribution is 0.598. The molecule has 0 aliphatic heterocycles. The van der Waals surface area contributed by atoms with Crippen molar-refractivity contribution in [2.45, 2.75) is 38.5 Å². The van der Waals surface area contributed by atoms with E-state index in [9.17, 15) is 8.42 Å². The van der Waals surface area contributed by atoms with Crippen LogP contribution in [0.15, 0.2) is 39.7 Å². The highest BCUT2D eigenvalue weighted by Crippen LogP contribution is 2.31. The van der Waals surface area contributed by atoms with E-state index in [-0.39, 0.29) is 5.92 Å². The van der Waals surface area contributed by atoms with E-state index in [0.29, 0.717) is 15.6 Å². The number of benzene rings is 2. The molecular weight excluding hydrogens is 398 g/mol. The Morgan fingerprint density at radius 2 is 1.74 bits per heavy atom. The van der Waals surface area contributed by atoms with Crippen molar-refractivity contribution in [2.75, 3.05) is 4.72 Å². The maximum atomic E-state index is 12.8. The summed E-state index contributed by atoms with van der Waals surface area (Å²) in [5.74, 6) is 0.0834. The second-order valence-corrected chi connectivity index (χ2v) is 8.78. The average molecular weight is 417 g/mol. The second kappa shape index (κ2) is 6.83. The fourth-order valence-electron chi connectivity index (χ4n) is 2.22. The second-order valence-electron chi connectivity index (χ2n) is 5.86. The van der Waals surface area contributed by atoms with Gasteiger partial charge in [-0.1, -0.05) is 47.4 Å². The van der Waals surface area contributed by atoms with E-state index in [4.69, 9.17) is 11.6 Å². The minimum Gasteiger partial charge on any atom is -0.280 e. The van der Waals surface area contributed by atoms with Gasteiger partial charge in [0.2, 0.25) is 0 Å². The number of aryl methyl sites for hydroxylation is 2. The number of anilines is 1. The molecule has 3 nitrogen and oxygen atoms in total. The van der Waals surface area contributed by atoms with Gasteiger partial charge < -0.3 is 0 Å². The van der Waals surface area contributed by atoms with Crippen molar-refractivity contribution < 1.29 is 8.42 Å². The van der Waals surface area contributed by atoms with Gasteiger partial charge >= 0.3 is 0 Å². The molecule has 0 radical (unpaired) electrons. The molecule has 0 atom stereocenters. The zero-order valence-corrected chi connectivity index (χ0v) is 16.6. The highest BCUT2D eigenvalue weighted by Gasteiger charge is 2.22. The number of hydrogen-bond donors (Lipinski definition) is 1. The SMILES string of the molecule is Cc1ccc(NS(=O)(=O)c2cc(C)c(Br)cc2C(C)C)cc1Cl. The smallest absolute Gasteiger partial charge is 0.262 e. The first-order valence-electron chi connectivity index (χ1n) is 7.21. The maximum absolute atomic E-state index is 12.8. The van der Waals surface area contributed by atoms with Gasteiger partial charge in [-0.05, 0) is 60.7 Å². The highest BCUT2D eigenvalue weighted by atomic mass is 79.9. The quantitative estimate of drug-likeness (QED) is 0.700. The minimum absolute atomic E-state index is 0.0834. The monoisotopic (exact) mass is 415 g/mol. The summed E-state index contributed by atoms with van der Waals surface area (Å²) in [5, 5.41) is 0.529. The van der Waals surface area contributed by atoms with Crippen LogP contribution in [0.2, 0.25) is 5.02 Å². The average Bonchev–Trinajstić information content (AvgIpc) is 2.44. The van der Waals surface area contributed by atoms with Gasteiger partial charge in [-0.3, -0.25) is 4.72 Å². The van der Waals surface area contributed by atoms with Crippen molar-refractivity contribution >= 4 is 43.2 Å². The molecule has 0 spiro atoms. The molecule has 0 unspecified atom stereocenters. The minimum atomic E-state index is -3.69. The van der Waals surface area contributed by atoms with Gasteiger partial charge in [0.25, 0.3) is 10.0 Å². The molecule has 6 heteroatoms. The first-order valence-corrected chi connectivity index (χ1v) is 9.86. The van der Waals surface area contributed by atoms with Crippen LogP contribution in [0, 0.1) is 13.8 Å². The van der Waals surface area contributed by atoms with E-state index in [1.807, 2.05) is 33.8 Å². The number of sulfonamides is 1. The lowest BCUT2D eigenvalue weighted by atomic mass is 10.0. The summed E-state index contributed by atoms with van der Waals surface area (Å²) in [6.45, 7) is 7.68. The van der Waals surface area contributed by atoms with Gasteiger partial charge in [-0.25, -0.2) is 8.42 Å². The molecule has 0 amide bonds. The van der Waals surface area contributed by atoms with Gasteiger partial charge in [0.05, 0.1) is 10.6 Å². The van der Waals surface area contributed by atoms with E-state index in [1.54, 1.807) is 24.3 Å². The molecule has 23 heavy (non-hydrogen) atoms. The Morgan fingerprint density at radius 3 is 2.30 bits per heavy atom. The molecule has 2 aromatic carbocycles. The van der Waals surface area contributed by atoms with E-state index in [2.05, 4.69) is 20.7 Å². The van der Waals surface area contributed by atoms with E-state index in [0.717, 1.165) is 21.2 Å². The van der Waals surface area contributed by atoms with Gasteiger partial charge in [0.15, 0.2) is 0 Å². The maximum Gasteiger partial charge on any atom is 0.262 e. The predicted octanol–water partition coefficient (Wildman–Crippen LogP) is 5.64. The van der Waals surface area contributed by atoms with Crippen LogP contribution < -0.4 is 4.72 Å². The Labute approximate surface area is 151 Å². The van der Waals surface area contributed by atoms with Crippen LogP contribution >= 0.6 is 27.5 Å². The molecular formula is C17H19BrClNO2S. The van der Waals surface area contributed by atoms with Gasteiger partial charge in [0, 0.05) is 9.50 Å². The standard InChI is InChI=1S/C17H19BrClNO2S/c1-10(2)14-9-15(18)12(4)7-17(14)23(21,22)20-13-6-5-11(3)16(19)8-13/h5-10,20H,1-4H3. The van der Waals surface area contributed by atoms with Crippen LogP contribution in [-0.2, 0) is 10.0 Å². The van der Waals surface area contributed by atoms with Crippen LogP contribution in [0.25, 0.3) is 0 Å². The van der Waals surface area contributed by atoms with Crippen LogP contribution in [0.4, 0.5) is 5.69 Å². The zero-order chi connectivity index (χ0) is 17.4. The molecule has 0 bridgehead atoms. The Kier molecular flexibility index (Phi) is 5.44. The molecule has 0 saturated heterocycles. The van der Waals surface area contributed by atoms with Gasteiger partial charge in [-0.2, -0.15) is 0 Å². The number of hydrogen-bond acceptors (Lipinski definition) is 2. The molecule has 0 aliphatic rings. The Bertz CT molecular complexity index is 848. The summed E-state index contributed by atoms with van der Waals surface area (Å²) in [4.78, 5) is 0.296. The predicted molar refractivity (Wildman–Crippen MR) is 100.0 cm³/mol. The normalized spacial score (nSPS) is 11.8. The molecule has 0 fully saturated rings. The molecule has 2 aromatic rings. The third-order valence-electron chi connectivity index (χ3n) is 3.63. The van der Waals surface area contributed by atoms with Crippen molar-refractivity contribution in [1.82, 2.24) is 0 Å².